The largest absolute Gasteiger partial charge is 0.493 e. The standard InChI is InChI=1S/C30H50N4O/c1-33(2)21-12-19-31-25-28-17-18-30(29(24-28)26-32-20-13-22-34(3)4)35-23-11-6-5-8-14-27-15-9-7-10-16-27/h7,9-10,15-18,24,31-32H,5-6,8,11-14,19-23,25-26H2,1-4H3. The smallest absolute Gasteiger partial charge is 0.123 e. The Morgan fingerprint density at radius 2 is 1.31 bits per heavy atom. The van der Waals surface area contributed by atoms with Crippen LogP contribution in [0.4, 0.5) is 0 Å². The molecule has 5 nitrogen and oxygen atoms in total. The van der Waals surface area contributed by atoms with Gasteiger partial charge in [0, 0.05) is 18.7 Å². The van der Waals surface area contributed by atoms with E-state index in [9.17, 15) is 0 Å². The van der Waals surface area contributed by atoms with E-state index in [4.69, 9.17) is 4.74 Å². The van der Waals surface area contributed by atoms with Crippen LogP contribution in [-0.4, -0.2) is 70.8 Å². The topological polar surface area (TPSA) is 39.8 Å². The van der Waals surface area contributed by atoms with Crippen molar-refractivity contribution in [3.63, 3.8) is 0 Å². The molecule has 2 rings (SSSR count). The van der Waals surface area contributed by atoms with Crippen molar-refractivity contribution in [2.45, 2.75) is 58.0 Å². The molecule has 0 fully saturated rings. The van der Waals surface area contributed by atoms with Crippen molar-refractivity contribution in [1.29, 1.82) is 0 Å². The third kappa shape index (κ3) is 14.3. The van der Waals surface area contributed by atoms with Crippen molar-refractivity contribution in [3.8, 4) is 5.75 Å². The van der Waals surface area contributed by atoms with Gasteiger partial charge in [-0.05, 0) is 110 Å². The Bertz CT molecular complexity index is 779. The summed E-state index contributed by atoms with van der Waals surface area (Å²) in [6, 6.07) is 17.5. The van der Waals surface area contributed by atoms with Gasteiger partial charge < -0.3 is 25.2 Å². The Kier molecular flexibility index (Phi) is 15.4. The lowest BCUT2D eigenvalue weighted by Crippen LogP contribution is -2.22. The molecular weight excluding hydrogens is 432 g/mol. The molecule has 0 aromatic heterocycles. The van der Waals surface area contributed by atoms with Gasteiger partial charge in [-0.3, -0.25) is 0 Å². The molecule has 0 unspecified atom stereocenters. The summed E-state index contributed by atoms with van der Waals surface area (Å²) in [5, 5.41) is 7.20. The number of rotatable bonds is 20. The fraction of sp³-hybridized carbons (Fsp3) is 0.600. The maximum absolute atomic E-state index is 6.25. The van der Waals surface area contributed by atoms with Gasteiger partial charge in [0.1, 0.15) is 5.75 Å². The number of aryl methyl sites for hydroxylation is 1. The molecule has 0 heterocycles. The van der Waals surface area contributed by atoms with Crippen molar-refractivity contribution in [3.05, 3.63) is 65.2 Å². The first-order valence-electron chi connectivity index (χ1n) is 13.5. The second kappa shape index (κ2) is 18.4. The minimum Gasteiger partial charge on any atom is -0.493 e. The molecule has 5 heteroatoms. The zero-order valence-electron chi connectivity index (χ0n) is 22.8. The van der Waals surface area contributed by atoms with Gasteiger partial charge in [-0.2, -0.15) is 0 Å². The van der Waals surface area contributed by atoms with Crippen LogP contribution in [0, 0.1) is 0 Å². The molecule has 0 aliphatic carbocycles. The van der Waals surface area contributed by atoms with Crippen LogP contribution in [0.25, 0.3) is 0 Å². The summed E-state index contributed by atoms with van der Waals surface area (Å²) in [6.45, 7) is 6.84. The summed E-state index contributed by atoms with van der Waals surface area (Å²) >= 11 is 0. The molecule has 0 saturated heterocycles. The first kappa shape index (κ1) is 29.3. The lowest BCUT2D eigenvalue weighted by atomic mass is 10.1. The van der Waals surface area contributed by atoms with E-state index in [1.54, 1.807) is 0 Å². The number of benzene rings is 2. The third-order valence-electron chi connectivity index (χ3n) is 6.15. The SMILES string of the molecule is CN(C)CCCNCc1ccc(OCCCCCCc2ccccc2)c(CNCCCN(C)C)c1. The maximum atomic E-state index is 6.25. The van der Waals surface area contributed by atoms with E-state index in [0.717, 1.165) is 64.5 Å². The van der Waals surface area contributed by atoms with E-state index in [1.807, 2.05) is 0 Å². The van der Waals surface area contributed by atoms with Crippen molar-refractivity contribution in [2.75, 3.05) is 61.0 Å². The van der Waals surface area contributed by atoms with Crippen molar-refractivity contribution in [1.82, 2.24) is 20.4 Å². The average Bonchev–Trinajstić information content (AvgIpc) is 2.84. The van der Waals surface area contributed by atoms with E-state index in [-0.39, 0.29) is 0 Å². The summed E-state index contributed by atoms with van der Waals surface area (Å²) in [5.74, 6) is 1.03. The Hall–Kier alpha value is -1.92. The number of nitrogens with one attached hydrogen (secondary N) is 2. The van der Waals surface area contributed by atoms with Gasteiger partial charge in [0.15, 0.2) is 0 Å². The van der Waals surface area contributed by atoms with Crippen LogP contribution in [0.15, 0.2) is 48.5 Å². The van der Waals surface area contributed by atoms with Gasteiger partial charge in [-0.15, -0.1) is 0 Å². The molecule has 0 radical (unpaired) electrons. The molecule has 196 valence electrons. The summed E-state index contributed by atoms with van der Waals surface area (Å²) in [7, 11) is 8.51. The number of nitrogens with zero attached hydrogens (tertiary/aromatic N) is 2. The number of hydrogen-bond acceptors (Lipinski definition) is 5. The highest BCUT2D eigenvalue weighted by molar-refractivity contribution is 5.37. The van der Waals surface area contributed by atoms with E-state index in [0.29, 0.717) is 0 Å². The molecule has 0 aliphatic heterocycles. The van der Waals surface area contributed by atoms with Gasteiger partial charge in [0.25, 0.3) is 0 Å². The number of ether oxygens (including phenoxy) is 1. The highest BCUT2D eigenvalue weighted by Crippen LogP contribution is 2.21. The molecule has 2 aromatic carbocycles. The van der Waals surface area contributed by atoms with Crippen LogP contribution < -0.4 is 15.4 Å². The summed E-state index contributed by atoms with van der Waals surface area (Å²) in [5.41, 5.74) is 4.04. The highest BCUT2D eigenvalue weighted by Gasteiger charge is 2.06. The molecule has 0 saturated carbocycles. The lowest BCUT2D eigenvalue weighted by molar-refractivity contribution is 0.300. The van der Waals surface area contributed by atoms with E-state index in [1.165, 1.54) is 48.8 Å². The van der Waals surface area contributed by atoms with Crippen LogP contribution in [0.1, 0.15) is 55.2 Å². The van der Waals surface area contributed by atoms with Crippen LogP contribution in [0.3, 0.4) is 0 Å². The van der Waals surface area contributed by atoms with Gasteiger partial charge >= 0.3 is 0 Å². The Balaban J connectivity index is 1.75. The predicted molar refractivity (Wildman–Crippen MR) is 150 cm³/mol. The van der Waals surface area contributed by atoms with Gasteiger partial charge in [0.05, 0.1) is 6.61 Å². The molecule has 35 heavy (non-hydrogen) atoms. The molecule has 0 atom stereocenters. The van der Waals surface area contributed by atoms with Crippen LogP contribution >= 0.6 is 0 Å². The Morgan fingerprint density at radius 1 is 0.657 bits per heavy atom. The first-order valence-corrected chi connectivity index (χ1v) is 13.5. The fourth-order valence-corrected chi connectivity index (χ4v) is 4.13. The van der Waals surface area contributed by atoms with Gasteiger partial charge in [-0.1, -0.05) is 49.2 Å². The van der Waals surface area contributed by atoms with Crippen LogP contribution in [-0.2, 0) is 19.5 Å². The molecule has 0 bridgehead atoms. The van der Waals surface area contributed by atoms with Gasteiger partial charge in [0.2, 0.25) is 0 Å². The zero-order chi connectivity index (χ0) is 25.1. The summed E-state index contributed by atoms with van der Waals surface area (Å²) in [6.07, 6.45) is 8.34. The quantitative estimate of drug-likeness (QED) is 0.261. The number of hydrogen-bond donors (Lipinski definition) is 2. The normalized spacial score (nSPS) is 11.5. The Labute approximate surface area is 215 Å². The van der Waals surface area contributed by atoms with E-state index >= 15 is 0 Å². The first-order chi connectivity index (χ1) is 17.0. The van der Waals surface area contributed by atoms with Crippen molar-refractivity contribution >= 4 is 0 Å². The average molecular weight is 483 g/mol. The maximum Gasteiger partial charge on any atom is 0.123 e. The van der Waals surface area contributed by atoms with Crippen LogP contribution in [0.5, 0.6) is 5.75 Å². The van der Waals surface area contributed by atoms with Gasteiger partial charge in [-0.25, -0.2) is 0 Å². The number of unbranched alkanes of at least 4 members (excludes halogenated alkanes) is 3. The zero-order valence-corrected chi connectivity index (χ0v) is 22.8. The monoisotopic (exact) mass is 482 g/mol. The lowest BCUT2D eigenvalue weighted by Gasteiger charge is -2.15. The van der Waals surface area contributed by atoms with Crippen LogP contribution in [0.2, 0.25) is 0 Å². The van der Waals surface area contributed by atoms with E-state index in [2.05, 4.69) is 97.2 Å². The molecule has 0 aliphatic rings. The van der Waals surface area contributed by atoms with Crippen molar-refractivity contribution in [2.24, 2.45) is 0 Å². The molecule has 0 amide bonds. The minimum atomic E-state index is 0.793. The molecule has 2 N–H and O–H groups in total. The minimum absolute atomic E-state index is 0.793. The third-order valence-corrected chi connectivity index (χ3v) is 6.15. The second-order valence-electron chi connectivity index (χ2n) is 10.1. The fourth-order valence-electron chi connectivity index (χ4n) is 4.13. The molecule has 0 spiro atoms. The predicted octanol–water partition coefficient (Wildman–Crippen LogP) is 4.95. The summed E-state index contributed by atoms with van der Waals surface area (Å²) in [4.78, 5) is 4.47. The second-order valence-corrected chi connectivity index (χ2v) is 10.1. The van der Waals surface area contributed by atoms with Crippen molar-refractivity contribution < 1.29 is 4.74 Å². The Morgan fingerprint density at radius 3 is 2.00 bits per heavy atom. The summed E-state index contributed by atoms with van der Waals surface area (Å²) < 4.78 is 6.25. The van der Waals surface area contributed by atoms with E-state index < -0.39 is 0 Å². The highest BCUT2D eigenvalue weighted by atomic mass is 16.5. The molecule has 2 aromatic rings. The molecular formula is C30H50N4O.